The number of nitrogens with zero attached hydrogens (tertiary/aromatic N) is 1. The topological polar surface area (TPSA) is 3.24 Å². The first-order valence-corrected chi connectivity index (χ1v) is 14.8. The molecule has 0 saturated heterocycles. The van der Waals surface area contributed by atoms with Crippen LogP contribution in [-0.4, -0.2) is 0 Å². The van der Waals surface area contributed by atoms with Crippen LogP contribution in [0, 0.1) is 6.92 Å². The molecule has 1 nitrogen and oxygen atoms in total. The van der Waals surface area contributed by atoms with Gasteiger partial charge in [-0.25, -0.2) is 0 Å². The minimum atomic E-state index is 0.509. The summed E-state index contributed by atoms with van der Waals surface area (Å²) in [5.74, 6) is 0.509. The van der Waals surface area contributed by atoms with Crippen molar-refractivity contribution in [3.8, 4) is 11.1 Å². The number of hydrogen-bond acceptors (Lipinski definition) is 1. The van der Waals surface area contributed by atoms with Gasteiger partial charge in [0.05, 0.1) is 0 Å². The Morgan fingerprint density at radius 2 is 1.17 bits per heavy atom. The highest BCUT2D eigenvalue weighted by Crippen LogP contribution is 2.38. The zero-order chi connectivity index (χ0) is 28.0. The van der Waals surface area contributed by atoms with Crippen molar-refractivity contribution in [3.63, 3.8) is 0 Å². The largest absolute Gasteiger partial charge is 0.310 e. The molecule has 0 saturated carbocycles. The van der Waals surface area contributed by atoms with Crippen LogP contribution in [0.5, 0.6) is 0 Å². The number of benzene rings is 6. The predicted molar refractivity (Wildman–Crippen MR) is 177 cm³/mol. The molecule has 0 radical (unpaired) electrons. The summed E-state index contributed by atoms with van der Waals surface area (Å²) in [5, 5.41) is 2.50. The number of anilines is 3. The Morgan fingerprint density at radius 3 is 1.88 bits per heavy atom. The molecule has 0 fully saturated rings. The van der Waals surface area contributed by atoms with E-state index in [0.29, 0.717) is 5.92 Å². The molecule has 0 spiro atoms. The molecule has 1 atom stereocenters. The standard InChI is InChI=1S/C40H37N/c1-3-10-36(28-31-12-9-11-30(2)27-31)35-19-24-39(25-20-35)41(40-26-21-33-15-7-8-16-37(33)29-40)38-22-17-34(18-23-38)32-13-5-4-6-14-32/h4-9,11-27,29,36H,3,10,28H2,1-2H3. The van der Waals surface area contributed by atoms with Gasteiger partial charge in [0.2, 0.25) is 0 Å². The summed E-state index contributed by atoms with van der Waals surface area (Å²) in [6.45, 7) is 4.47. The molecule has 0 aliphatic rings. The van der Waals surface area contributed by atoms with Crippen molar-refractivity contribution < 1.29 is 0 Å². The summed E-state index contributed by atoms with van der Waals surface area (Å²) in [4.78, 5) is 2.38. The minimum Gasteiger partial charge on any atom is -0.310 e. The fourth-order valence-corrected chi connectivity index (χ4v) is 5.95. The molecule has 0 aliphatic carbocycles. The molecule has 1 heteroatoms. The second kappa shape index (κ2) is 12.3. The van der Waals surface area contributed by atoms with Crippen LogP contribution in [0.1, 0.15) is 42.4 Å². The molecule has 202 valence electrons. The highest BCUT2D eigenvalue weighted by atomic mass is 15.1. The van der Waals surface area contributed by atoms with Gasteiger partial charge < -0.3 is 4.90 Å². The van der Waals surface area contributed by atoms with Crippen LogP contribution >= 0.6 is 0 Å². The van der Waals surface area contributed by atoms with Gasteiger partial charge in [-0.15, -0.1) is 0 Å². The van der Waals surface area contributed by atoms with Crippen molar-refractivity contribution in [1.82, 2.24) is 0 Å². The molecule has 0 aliphatic heterocycles. The van der Waals surface area contributed by atoms with Gasteiger partial charge in [-0.1, -0.05) is 128 Å². The maximum Gasteiger partial charge on any atom is 0.0468 e. The lowest BCUT2D eigenvalue weighted by atomic mass is 9.88. The summed E-state index contributed by atoms with van der Waals surface area (Å²) >= 11 is 0. The summed E-state index contributed by atoms with van der Waals surface area (Å²) in [7, 11) is 0. The smallest absolute Gasteiger partial charge is 0.0468 e. The highest BCUT2D eigenvalue weighted by Gasteiger charge is 2.16. The van der Waals surface area contributed by atoms with Crippen molar-refractivity contribution in [2.24, 2.45) is 0 Å². The monoisotopic (exact) mass is 531 g/mol. The molecule has 0 bridgehead atoms. The van der Waals surface area contributed by atoms with Crippen molar-refractivity contribution in [2.75, 3.05) is 4.90 Å². The normalized spacial score (nSPS) is 11.9. The fourth-order valence-electron chi connectivity index (χ4n) is 5.95. The van der Waals surface area contributed by atoms with Gasteiger partial charge in [-0.2, -0.15) is 0 Å². The van der Waals surface area contributed by atoms with E-state index in [1.165, 1.54) is 57.1 Å². The molecule has 1 unspecified atom stereocenters. The van der Waals surface area contributed by atoms with Gasteiger partial charge in [0, 0.05) is 17.1 Å². The molecular weight excluding hydrogens is 494 g/mol. The quantitative estimate of drug-likeness (QED) is 0.179. The van der Waals surface area contributed by atoms with E-state index >= 15 is 0 Å². The van der Waals surface area contributed by atoms with Crippen LogP contribution in [0.3, 0.4) is 0 Å². The van der Waals surface area contributed by atoms with Crippen LogP contribution < -0.4 is 4.90 Å². The van der Waals surface area contributed by atoms with E-state index in [4.69, 9.17) is 0 Å². The van der Waals surface area contributed by atoms with Crippen molar-refractivity contribution in [3.05, 3.63) is 162 Å². The van der Waals surface area contributed by atoms with E-state index in [-0.39, 0.29) is 0 Å². The lowest BCUT2D eigenvalue weighted by molar-refractivity contribution is 0.610. The Kier molecular flexibility index (Phi) is 7.96. The Labute approximate surface area is 244 Å². The number of fused-ring (bicyclic) bond motifs is 1. The second-order valence-corrected chi connectivity index (χ2v) is 11.1. The van der Waals surface area contributed by atoms with E-state index < -0.39 is 0 Å². The van der Waals surface area contributed by atoms with E-state index in [1.54, 1.807) is 0 Å². The van der Waals surface area contributed by atoms with Crippen LogP contribution in [0.4, 0.5) is 17.1 Å². The summed E-state index contributed by atoms with van der Waals surface area (Å²) in [6, 6.07) is 53.1. The first-order valence-electron chi connectivity index (χ1n) is 14.8. The lowest BCUT2D eigenvalue weighted by Crippen LogP contribution is -2.10. The van der Waals surface area contributed by atoms with E-state index in [1.807, 2.05) is 0 Å². The molecule has 6 aromatic carbocycles. The first-order chi connectivity index (χ1) is 20.2. The predicted octanol–water partition coefficient (Wildman–Crippen LogP) is 11.4. The highest BCUT2D eigenvalue weighted by molar-refractivity contribution is 5.89. The maximum atomic E-state index is 2.38. The van der Waals surface area contributed by atoms with E-state index in [0.717, 1.165) is 17.8 Å². The average Bonchev–Trinajstić information content (AvgIpc) is 3.02. The second-order valence-electron chi connectivity index (χ2n) is 11.1. The Balaban J connectivity index is 1.36. The number of rotatable bonds is 9. The number of aryl methyl sites for hydroxylation is 1. The zero-order valence-electron chi connectivity index (χ0n) is 24.0. The average molecular weight is 532 g/mol. The van der Waals surface area contributed by atoms with Gasteiger partial charge in [0.15, 0.2) is 0 Å². The third-order valence-electron chi connectivity index (χ3n) is 8.05. The van der Waals surface area contributed by atoms with Crippen LogP contribution in [0.25, 0.3) is 21.9 Å². The Morgan fingerprint density at radius 1 is 0.537 bits per heavy atom. The zero-order valence-corrected chi connectivity index (χ0v) is 24.0. The molecular formula is C40H37N. The summed E-state index contributed by atoms with van der Waals surface area (Å²) in [5.41, 5.74) is 10.1. The van der Waals surface area contributed by atoms with Crippen molar-refractivity contribution in [2.45, 2.75) is 39.0 Å². The van der Waals surface area contributed by atoms with Crippen LogP contribution in [-0.2, 0) is 6.42 Å². The third kappa shape index (κ3) is 6.10. The first kappa shape index (κ1) is 26.6. The van der Waals surface area contributed by atoms with Gasteiger partial charge >= 0.3 is 0 Å². The Bertz CT molecular complexity index is 1720. The third-order valence-corrected chi connectivity index (χ3v) is 8.05. The summed E-state index contributed by atoms with van der Waals surface area (Å²) < 4.78 is 0. The summed E-state index contributed by atoms with van der Waals surface area (Å²) in [6.07, 6.45) is 3.43. The molecule has 41 heavy (non-hydrogen) atoms. The van der Waals surface area contributed by atoms with Crippen LogP contribution in [0.15, 0.2) is 146 Å². The van der Waals surface area contributed by atoms with E-state index in [9.17, 15) is 0 Å². The molecule has 0 aromatic heterocycles. The van der Waals surface area contributed by atoms with Gasteiger partial charge in [-0.3, -0.25) is 0 Å². The molecule has 6 aromatic rings. The van der Waals surface area contributed by atoms with Crippen LogP contribution in [0.2, 0.25) is 0 Å². The molecule has 0 N–H and O–H groups in total. The van der Waals surface area contributed by atoms with Crippen molar-refractivity contribution >= 4 is 27.8 Å². The van der Waals surface area contributed by atoms with E-state index in [2.05, 4.69) is 164 Å². The van der Waals surface area contributed by atoms with Gasteiger partial charge in [0.25, 0.3) is 0 Å². The molecule has 6 rings (SSSR count). The van der Waals surface area contributed by atoms with Crippen molar-refractivity contribution in [1.29, 1.82) is 0 Å². The minimum absolute atomic E-state index is 0.509. The lowest BCUT2D eigenvalue weighted by Gasteiger charge is -2.27. The Hall–Kier alpha value is -4.62. The SMILES string of the molecule is CCCC(Cc1cccc(C)c1)c1ccc(N(c2ccc(-c3ccccc3)cc2)c2ccc3ccccc3c2)cc1. The molecule has 0 amide bonds. The fraction of sp³-hybridized carbons (Fsp3) is 0.150. The number of hydrogen-bond donors (Lipinski definition) is 0. The maximum absolute atomic E-state index is 2.38. The van der Waals surface area contributed by atoms with Gasteiger partial charge in [0.1, 0.15) is 0 Å². The van der Waals surface area contributed by atoms with Gasteiger partial charge in [-0.05, 0) is 95.1 Å². The molecule has 0 heterocycles.